The third kappa shape index (κ3) is 1.97. The maximum absolute atomic E-state index is 13.9. The molecule has 0 saturated carbocycles. The Balaban J connectivity index is 2.32. The molecule has 19 heavy (non-hydrogen) atoms. The summed E-state index contributed by atoms with van der Waals surface area (Å²) in [5.74, 6) is -2.00. The Hall–Kier alpha value is -1.65. The number of aromatic amines is 1. The van der Waals surface area contributed by atoms with Gasteiger partial charge < -0.3 is 4.98 Å². The first-order valence-corrected chi connectivity index (χ1v) is 6.11. The monoisotopic (exact) mass is 298 g/mol. The van der Waals surface area contributed by atoms with Gasteiger partial charge >= 0.3 is 0 Å². The zero-order valence-electron chi connectivity index (χ0n) is 9.35. The average Bonchev–Trinajstić information content (AvgIpc) is 2.80. The fraction of sp³-hybridized carbons (Fsp3) is 0. The van der Waals surface area contributed by atoms with E-state index in [1.165, 1.54) is 0 Å². The van der Waals surface area contributed by atoms with Crippen LogP contribution in [0.25, 0.3) is 22.4 Å². The van der Waals surface area contributed by atoms with E-state index >= 15 is 0 Å². The predicted molar refractivity (Wildman–Crippen MR) is 71.5 cm³/mol. The number of nitrogens with one attached hydrogen (secondary N) is 1. The fourth-order valence-electron chi connectivity index (χ4n) is 1.85. The van der Waals surface area contributed by atoms with Crippen LogP contribution in [-0.2, 0) is 0 Å². The van der Waals surface area contributed by atoms with Gasteiger partial charge in [0.1, 0.15) is 5.82 Å². The first kappa shape index (κ1) is 12.4. The van der Waals surface area contributed by atoms with Gasteiger partial charge in [-0.1, -0.05) is 35.3 Å². The summed E-state index contributed by atoms with van der Waals surface area (Å²) >= 11 is 11.7. The van der Waals surface area contributed by atoms with Crippen LogP contribution in [0.4, 0.5) is 8.78 Å². The Morgan fingerprint density at radius 3 is 2.58 bits per heavy atom. The lowest BCUT2D eigenvalue weighted by Gasteiger charge is -2.05. The summed E-state index contributed by atoms with van der Waals surface area (Å²) in [6.45, 7) is 0. The van der Waals surface area contributed by atoms with Crippen LogP contribution in [0.15, 0.2) is 30.3 Å². The van der Waals surface area contributed by atoms with Crippen molar-refractivity contribution in [3.8, 4) is 11.4 Å². The van der Waals surface area contributed by atoms with Gasteiger partial charge in [-0.05, 0) is 18.2 Å². The minimum atomic E-state index is -1.08. The van der Waals surface area contributed by atoms with Gasteiger partial charge in [-0.3, -0.25) is 0 Å². The average molecular weight is 299 g/mol. The molecule has 0 bridgehead atoms. The first-order valence-electron chi connectivity index (χ1n) is 5.36. The molecule has 3 rings (SSSR count). The summed E-state index contributed by atoms with van der Waals surface area (Å²) in [6, 6.07) is 7.97. The van der Waals surface area contributed by atoms with Crippen molar-refractivity contribution in [3.05, 3.63) is 52.0 Å². The van der Waals surface area contributed by atoms with Gasteiger partial charge in [0, 0.05) is 0 Å². The van der Waals surface area contributed by atoms with Crippen LogP contribution in [0.1, 0.15) is 0 Å². The van der Waals surface area contributed by atoms with Crippen molar-refractivity contribution in [1.82, 2.24) is 9.97 Å². The first-order chi connectivity index (χ1) is 9.08. The van der Waals surface area contributed by atoms with E-state index in [-0.39, 0.29) is 21.4 Å². The number of imidazole rings is 1. The van der Waals surface area contributed by atoms with Gasteiger partial charge in [-0.2, -0.15) is 0 Å². The molecule has 2 aromatic carbocycles. The number of fused-ring (bicyclic) bond motifs is 1. The zero-order chi connectivity index (χ0) is 13.6. The molecule has 0 aliphatic rings. The third-order valence-electron chi connectivity index (χ3n) is 2.74. The van der Waals surface area contributed by atoms with E-state index in [0.717, 1.165) is 6.07 Å². The number of para-hydroxylation sites is 2. The lowest BCUT2D eigenvalue weighted by atomic mass is 10.2. The second-order valence-corrected chi connectivity index (χ2v) is 4.73. The molecular formula is C13H6Cl2F2N2. The highest BCUT2D eigenvalue weighted by Crippen LogP contribution is 2.36. The lowest BCUT2D eigenvalue weighted by molar-refractivity contribution is 0.511. The van der Waals surface area contributed by atoms with Crippen molar-refractivity contribution in [1.29, 1.82) is 0 Å². The van der Waals surface area contributed by atoms with E-state index in [0.29, 0.717) is 11.0 Å². The van der Waals surface area contributed by atoms with E-state index in [2.05, 4.69) is 9.97 Å². The van der Waals surface area contributed by atoms with Gasteiger partial charge in [-0.25, -0.2) is 13.8 Å². The highest BCUT2D eigenvalue weighted by Gasteiger charge is 2.20. The van der Waals surface area contributed by atoms with Crippen molar-refractivity contribution in [2.45, 2.75) is 0 Å². The summed E-state index contributed by atoms with van der Waals surface area (Å²) < 4.78 is 27.3. The number of aromatic nitrogens is 2. The molecule has 0 atom stereocenters. The van der Waals surface area contributed by atoms with Crippen molar-refractivity contribution in [2.75, 3.05) is 0 Å². The summed E-state index contributed by atoms with van der Waals surface area (Å²) in [4.78, 5) is 7.07. The number of nitrogens with zero attached hydrogens (tertiary/aromatic N) is 1. The maximum atomic E-state index is 13.9. The molecule has 0 radical (unpaired) electrons. The van der Waals surface area contributed by atoms with Crippen molar-refractivity contribution in [2.24, 2.45) is 0 Å². The minimum Gasteiger partial charge on any atom is -0.338 e. The molecule has 0 fully saturated rings. The Bertz CT molecular complexity index is 724. The quantitative estimate of drug-likeness (QED) is 0.641. The van der Waals surface area contributed by atoms with Crippen molar-refractivity contribution < 1.29 is 8.78 Å². The molecule has 0 amide bonds. The molecule has 2 nitrogen and oxygen atoms in total. The summed E-state index contributed by atoms with van der Waals surface area (Å²) in [6.07, 6.45) is 0. The van der Waals surface area contributed by atoms with Gasteiger partial charge in [0.05, 0.1) is 26.6 Å². The minimum absolute atomic E-state index is 0.0592. The van der Waals surface area contributed by atoms with Crippen LogP contribution in [0.2, 0.25) is 10.0 Å². The molecule has 0 unspecified atom stereocenters. The van der Waals surface area contributed by atoms with Gasteiger partial charge in [0.15, 0.2) is 11.6 Å². The highest BCUT2D eigenvalue weighted by molar-refractivity contribution is 6.43. The van der Waals surface area contributed by atoms with E-state index in [9.17, 15) is 8.78 Å². The lowest BCUT2D eigenvalue weighted by Crippen LogP contribution is -1.93. The Morgan fingerprint density at radius 2 is 1.84 bits per heavy atom. The number of H-pyrrole nitrogens is 1. The summed E-state index contributed by atoms with van der Waals surface area (Å²) in [5, 5.41) is -0.129. The number of halogens is 4. The van der Waals surface area contributed by atoms with Gasteiger partial charge in [0.25, 0.3) is 0 Å². The molecule has 1 heterocycles. The van der Waals surface area contributed by atoms with Gasteiger partial charge in [0.2, 0.25) is 0 Å². The molecule has 0 aliphatic heterocycles. The normalized spacial score (nSPS) is 11.2. The highest BCUT2D eigenvalue weighted by atomic mass is 35.5. The van der Waals surface area contributed by atoms with Crippen LogP contribution in [-0.4, -0.2) is 9.97 Å². The molecule has 0 saturated heterocycles. The van der Waals surface area contributed by atoms with Crippen molar-refractivity contribution >= 4 is 34.2 Å². The van der Waals surface area contributed by atoms with E-state index < -0.39 is 11.6 Å². The second kappa shape index (κ2) is 4.47. The maximum Gasteiger partial charge on any atom is 0.171 e. The second-order valence-electron chi connectivity index (χ2n) is 3.95. The van der Waals surface area contributed by atoms with Crippen LogP contribution < -0.4 is 0 Å². The molecular weight excluding hydrogens is 293 g/mol. The molecule has 0 spiro atoms. The number of benzene rings is 2. The molecule has 1 N–H and O–H groups in total. The van der Waals surface area contributed by atoms with Crippen LogP contribution in [0.3, 0.4) is 0 Å². The SMILES string of the molecule is Fc1cc(Cl)c(Cl)c(-c2nc3ccccc3[nH]2)c1F. The van der Waals surface area contributed by atoms with Gasteiger partial charge in [-0.15, -0.1) is 0 Å². The molecule has 3 aromatic rings. The largest absolute Gasteiger partial charge is 0.338 e. The van der Waals surface area contributed by atoms with Crippen LogP contribution >= 0.6 is 23.2 Å². The standard InChI is InChI=1S/C13H6Cl2F2N2/c14-6-5-7(16)12(17)10(11(6)15)13-18-8-3-1-2-4-9(8)19-13/h1-5H,(H,18,19). The fourth-order valence-corrected chi connectivity index (χ4v) is 2.27. The predicted octanol–water partition coefficient (Wildman–Crippen LogP) is 4.81. The number of hydrogen-bond donors (Lipinski definition) is 1. The summed E-state index contributed by atoms with van der Waals surface area (Å²) in [5.41, 5.74) is 1.17. The number of hydrogen-bond acceptors (Lipinski definition) is 1. The topological polar surface area (TPSA) is 28.7 Å². The Labute approximate surface area is 117 Å². The van der Waals surface area contributed by atoms with Crippen LogP contribution in [0, 0.1) is 11.6 Å². The van der Waals surface area contributed by atoms with E-state index in [1.54, 1.807) is 24.3 Å². The number of rotatable bonds is 1. The zero-order valence-corrected chi connectivity index (χ0v) is 10.9. The molecule has 96 valence electrons. The molecule has 0 aliphatic carbocycles. The molecule has 1 aromatic heterocycles. The Kier molecular flexibility index (Phi) is 2.92. The Morgan fingerprint density at radius 1 is 1.11 bits per heavy atom. The van der Waals surface area contributed by atoms with E-state index in [1.807, 2.05) is 0 Å². The van der Waals surface area contributed by atoms with Crippen LogP contribution in [0.5, 0.6) is 0 Å². The third-order valence-corrected chi connectivity index (χ3v) is 3.53. The summed E-state index contributed by atoms with van der Waals surface area (Å²) in [7, 11) is 0. The van der Waals surface area contributed by atoms with E-state index in [4.69, 9.17) is 23.2 Å². The smallest absolute Gasteiger partial charge is 0.171 e. The molecule has 6 heteroatoms. The van der Waals surface area contributed by atoms with Crippen molar-refractivity contribution in [3.63, 3.8) is 0 Å².